The largest absolute Gasteiger partial charge is 0.383 e. The highest BCUT2D eigenvalue weighted by molar-refractivity contribution is 7.58. The predicted molar refractivity (Wildman–Crippen MR) is 183 cm³/mol. The Kier molecular flexibility index (Phi) is 13.9. The summed E-state index contributed by atoms with van der Waals surface area (Å²) in [7, 11) is -2.54. The van der Waals surface area contributed by atoms with E-state index >= 15 is 0 Å². The van der Waals surface area contributed by atoms with Gasteiger partial charge in [-0.15, -0.1) is 0 Å². The number of rotatable bonds is 16. The molecule has 1 aromatic heterocycles. The minimum atomic E-state index is -2.54. The highest BCUT2D eigenvalue weighted by Gasteiger charge is 2.32. The van der Waals surface area contributed by atoms with Crippen molar-refractivity contribution in [1.29, 1.82) is 0 Å². The fourth-order valence-corrected chi connectivity index (χ4v) is 9.24. The molecule has 3 fully saturated rings. The van der Waals surface area contributed by atoms with Crippen LogP contribution >= 0.6 is 7.37 Å². The quantitative estimate of drug-likeness (QED) is 0.142. The number of unbranched alkanes of at least 4 members (excludes halogenated alkanes) is 3. The van der Waals surface area contributed by atoms with E-state index in [1.165, 1.54) is 96.3 Å². The summed E-state index contributed by atoms with van der Waals surface area (Å²) in [4.78, 5) is 14.2. The Balaban J connectivity index is 1.14. The second-order valence-electron chi connectivity index (χ2n) is 14.2. The van der Waals surface area contributed by atoms with Gasteiger partial charge in [-0.25, -0.2) is 0 Å². The van der Waals surface area contributed by atoms with Crippen LogP contribution in [0.1, 0.15) is 117 Å². The van der Waals surface area contributed by atoms with Crippen LogP contribution in [0.4, 0.5) is 17.6 Å². The number of anilines is 3. The van der Waals surface area contributed by atoms with Gasteiger partial charge in [-0.05, 0) is 51.4 Å². The molecule has 0 aromatic carbocycles. The van der Waals surface area contributed by atoms with Crippen LogP contribution in [0.2, 0.25) is 0 Å². The van der Waals surface area contributed by atoms with Crippen LogP contribution in [0.5, 0.6) is 0 Å². The van der Waals surface area contributed by atoms with Crippen LogP contribution in [0.25, 0.3) is 0 Å². The fraction of sp³-hybridized carbons (Fsp3) is 0.882. The van der Waals surface area contributed by atoms with E-state index in [0.29, 0.717) is 42.5 Å². The van der Waals surface area contributed by atoms with Gasteiger partial charge >= 0.3 is 0 Å². The minimum Gasteiger partial charge on any atom is -0.383 e. The molecule has 2 aliphatic carbocycles. The standard InChI is InChI=1S/C34H63N6O2P/c1-5-42-43(4,41)22-21-40-27(2)25-39(26-28(40)3)33-23-32(35)37-34(38-33)36-24-31-19-17-30(18-20-31)16-10-7-6-9-13-29-14-11-8-12-15-29/h23,27-31H,5-22,24-26H2,1-4H3,(H3,35,36,37,38). The molecule has 9 heteroatoms. The molecule has 43 heavy (non-hydrogen) atoms. The summed E-state index contributed by atoms with van der Waals surface area (Å²) in [5.41, 5.74) is 6.26. The van der Waals surface area contributed by atoms with Crippen molar-refractivity contribution in [3.63, 3.8) is 0 Å². The molecule has 246 valence electrons. The monoisotopic (exact) mass is 618 g/mol. The third kappa shape index (κ3) is 11.5. The first-order chi connectivity index (χ1) is 20.7. The summed E-state index contributed by atoms with van der Waals surface area (Å²) in [6, 6.07) is 2.53. The third-order valence-corrected chi connectivity index (χ3v) is 12.4. The van der Waals surface area contributed by atoms with Gasteiger partial charge in [0.15, 0.2) is 0 Å². The lowest BCUT2D eigenvalue weighted by molar-refractivity contribution is 0.139. The summed E-state index contributed by atoms with van der Waals surface area (Å²) in [5.74, 6) is 4.72. The molecule has 0 spiro atoms. The van der Waals surface area contributed by atoms with Gasteiger partial charge < -0.3 is 20.5 Å². The third-order valence-electron chi connectivity index (χ3n) is 10.5. The zero-order valence-corrected chi connectivity index (χ0v) is 28.8. The second-order valence-corrected chi connectivity index (χ2v) is 17.0. The van der Waals surface area contributed by atoms with Gasteiger partial charge in [-0.2, -0.15) is 9.97 Å². The fourth-order valence-electron chi connectivity index (χ4n) is 7.97. The zero-order valence-electron chi connectivity index (χ0n) is 27.9. The second kappa shape index (κ2) is 17.4. The molecular weight excluding hydrogens is 555 g/mol. The minimum absolute atomic E-state index is 0.315. The predicted octanol–water partition coefficient (Wildman–Crippen LogP) is 8.04. The number of nitrogens with zero attached hydrogens (tertiary/aromatic N) is 4. The SMILES string of the molecule is CCOP(C)(=O)CCN1C(C)CN(c2cc(N)nc(NCC3CCC(CCCCCCC4CCCCC4)CC3)n2)CC1C. The maximum Gasteiger partial charge on any atom is 0.226 e. The molecular formula is C34H63N6O2P. The molecule has 1 saturated heterocycles. The number of nitrogen functional groups attached to an aromatic ring is 1. The lowest BCUT2D eigenvalue weighted by Gasteiger charge is -2.45. The molecule has 1 aromatic rings. The van der Waals surface area contributed by atoms with Gasteiger partial charge in [0, 0.05) is 57.2 Å². The molecule has 1 aliphatic heterocycles. The Hall–Kier alpha value is -1.37. The Morgan fingerprint density at radius 1 is 0.907 bits per heavy atom. The maximum absolute atomic E-state index is 12.6. The molecule has 4 rings (SSSR count). The van der Waals surface area contributed by atoms with Crippen molar-refractivity contribution in [3.05, 3.63) is 6.07 Å². The number of aromatic nitrogens is 2. The molecule has 3 unspecified atom stereocenters. The molecule has 0 bridgehead atoms. The lowest BCUT2D eigenvalue weighted by Crippen LogP contribution is -2.57. The summed E-state index contributed by atoms with van der Waals surface area (Å²) in [5, 5.41) is 3.54. The zero-order chi connectivity index (χ0) is 30.7. The van der Waals surface area contributed by atoms with Crippen molar-refractivity contribution >= 4 is 25.0 Å². The molecule has 8 nitrogen and oxygen atoms in total. The first-order valence-electron chi connectivity index (χ1n) is 17.8. The average molecular weight is 619 g/mol. The van der Waals surface area contributed by atoms with E-state index in [1.807, 2.05) is 13.0 Å². The average Bonchev–Trinajstić information content (AvgIpc) is 2.98. The van der Waals surface area contributed by atoms with Crippen LogP contribution < -0.4 is 16.0 Å². The van der Waals surface area contributed by atoms with Gasteiger partial charge in [-0.3, -0.25) is 9.46 Å². The summed E-state index contributed by atoms with van der Waals surface area (Å²) in [6.45, 7) is 12.1. The topological polar surface area (TPSA) is 96.6 Å². The summed E-state index contributed by atoms with van der Waals surface area (Å²) < 4.78 is 18.1. The highest BCUT2D eigenvalue weighted by Crippen LogP contribution is 2.42. The van der Waals surface area contributed by atoms with E-state index in [2.05, 4.69) is 33.9 Å². The van der Waals surface area contributed by atoms with Crippen molar-refractivity contribution in [1.82, 2.24) is 14.9 Å². The molecule has 3 atom stereocenters. The maximum atomic E-state index is 12.6. The van der Waals surface area contributed by atoms with E-state index in [0.717, 1.165) is 43.8 Å². The Morgan fingerprint density at radius 2 is 1.51 bits per heavy atom. The van der Waals surface area contributed by atoms with Crippen LogP contribution in [-0.4, -0.2) is 72.6 Å². The van der Waals surface area contributed by atoms with Crippen molar-refractivity contribution < 1.29 is 9.09 Å². The Morgan fingerprint density at radius 3 is 2.14 bits per heavy atom. The van der Waals surface area contributed by atoms with E-state index in [4.69, 9.17) is 15.2 Å². The lowest BCUT2D eigenvalue weighted by atomic mass is 9.79. The number of piperazine rings is 1. The number of hydrogen-bond acceptors (Lipinski definition) is 8. The molecule has 3 aliphatic rings. The normalized spacial score (nSPS) is 27.2. The van der Waals surface area contributed by atoms with Crippen LogP contribution in [0, 0.1) is 17.8 Å². The van der Waals surface area contributed by atoms with Crippen LogP contribution in [0.3, 0.4) is 0 Å². The van der Waals surface area contributed by atoms with Crippen LogP contribution in [-0.2, 0) is 9.09 Å². The number of nitrogens with two attached hydrogens (primary N) is 1. The Labute approximate surface area is 263 Å². The van der Waals surface area contributed by atoms with E-state index in [-0.39, 0.29) is 0 Å². The summed E-state index contributed by atoms with van der Waals surface area (Å²) >= 11 is 0. The van der Waals surface area contributed by atoms with E-state index < -0.39 is 7.37 Å². The molecule has 2 saturated carbocycles. The summed E-state index contributed by atoms with van der Waals surface area (Å²) in [6.07, 6.45) is 22.1. The van der Waals surface area contributed by atoms with Crippen molar-refractivity contribution in [2.24, 2.45) is 17.8 Å². The van der Waals surface area contributed by atoms with Crippen molar-refractivity contribution in [2.75, 3.05) is 61.6 Å². The van der Waals surface area contributed by atoms with Gasteiger partial charge in [0.1, 0.15) is 11.6 Å². The van der Waals surface area contributed by atoms with Crippen molar-refractivity contribution in [3.8, 4) is 0 Å². The highest BCUT2D eigenvalue weighted by atomic mass is 31.2. The molecule has 2 heterocycles. The molecule has 0 amide bonds. The molecule has 3 N–H and O–H groups in total. The first-order valence-corrected chi connectivity index (χ1v) is 20.1. The van der Waals surface area contributed by atoms with Gasteiger partial charge in [0.05, 0.1) is 6.61 Å². The van der Waals surface area contributed by atoms with Crippen LogP contribution in [0.15, 0.2) is 6.07 Å². The van der Waals surface area contributed by atoms with Gasteiger partial charge in [0.25, 0.3) is 0 Å². The van der Waals surface area contributed by atoms with E-state index in [9.17, 15) is 4.57 Å². The van der Waals surface area contributed by atoms with Crippen molar-refractivity contribution in [2.45, 2.75) is 129 Å². The number of hydrogen-bond donors (Lipinski definition) is 2. The smallest absolute Gasteiger partial charge is 0.226 e. The van der Waals surface area contributed by atoms with E-state index in [1.54, 1.807) is 6.66 Å². The number of nitrogens with one attached hydrogen (secondary N) is 1. The first kappa shape index (κ1) is 34.5. The Bertz CT molecular complexity index is 985. The van der Waals surface area contributed by atoms with Gasteiger partial charge in [-0.1, -0.05) is 83.5 Å². The van der Waals surface area contributed by atoms with Gasteiger partial charge in [0.2, 0.25) is 13.3 Å². The molecule has 0 radical (unpaired) electrons.